The lowest BCUT2D eigenvalue weighted by atomic mass is 10.0. The van der Waals surface area contributed by atoms with Gasteiger partial charge in [-0.15, -0.1) is 10.2 Å². The molecule has 7 heteroatoms. The van der Waals surface area contributed by atoms with Crippen molar-refractivity contribution < 1.29 is 9.13 Å². The first kappa shape index (κ1) is 26.5. The highest BCUT2D eigenvalue weighted by Gasteiger charge is 2.19. The van der Waals surface area contributed by atoms with Crippen LogP contribution in [0.1, 0.15) is 5.56 Å². The van der Waals surface area contributed by atoms with Crippen LogP contribution < -0.4 is 9.64 Å². The Labute approximate surface area is 258 Å². The van der Waals surface area contributed by atoms with Crippen molar-refractivity contribution in [1.82, 2.24) is 19.6 Å². The van der Waals surface area contributed by atoms with Gasteiger partial charge in [0.05, 0.1) is 11.2 Å². The largest absolute Gasteiger partial charge is 0.457 e. The SMILES string of the molecule is Cc1ccccc1-c1nnc2c3cc(Oc4cccc(N(c5ccccc5)c5ccccn5)c4)ccc3c3cc(F)ccc3n12. The molecular weight excluding hydrogens is 561 g/mol. The van der Waals surface area contributed by atoms with Gasteiger partial charge in [-0.2, -0.15) is 0 Å². The summed E-state index contributed by atoms with van der Waals surface area (Å²) in [4.78, 5) is 6.70. The van der Waals surface area contributed by atoms with Crippen LogP contribution in [0.4, 0.5) is 21.6 Å². The Balaban J connectivity index is 1.25. The summed E-state index contributed by atoms with van der Waals surface area (Å²) in [5.74, 6) is 2.48. The lowest BCUT2D eigenvalue weighted by Gasteiger charge is -2.24. The summed E-state index contributed by atoms with van der Waals surface area (Å²) in [6, 6.07) is 42.6. The molecule has 5 aromatic carbocycles. The zero-order valence-electron chi connectivity index (χ0n) is 24.3. The van der Waals surface area contributed by atoms with E-state index in [4.69, 9.17) is 4.74 Å². The standard InChI is InChI=1S/C38H26FN5O/c1-25-10-5-6-15-31(25)37-41-42-38-34-24-30(18-19-32(34)33-22-26(39)17-20-35(33)44(37)38)45-29-14-9-13-28(23-29)43(27-11-3-2-4-12-27)36-16-7-8-21-40-36/h2-24H,1H3. The molecule has 0 aliphatic carbocycles. The number of fused-ring (bicyclic) bond motifs is 6. The molecule has 0 aliphatic rings. The Morgan fingerprint density at radius 1 is 0.644 bits per heavy atom. The first-order valence-electron chi connectivity index (χ1n) is 14.6. The molecule has 0 atom stereocenters. The maximum absolute atomic E-state index is 14.6. The van der Waals surface area contributed by atoms with Crippen molar-refractivity contribution in [2.24, 2.45) is 0 Å². The Morgan fingerprint density at radius 2 is 1.44 bits per heavy atom. The monoisotopic (exact) mass is 587 g/mol. The molecule has 3 heterocycles. The minimum absolute atomic E-state index is 0.304. The number of halogens is 1. The fourth-order valence-electron chi connectivity index (χ4n) is 5.91. The molecule has 8 rings (SSSR count). The maximum atomic E-state index is 14.6. The molecule has 0 amide bonds. The molecule has 8 aromatic rings. The number of nitrogens with zero attached hydrogens (tertiary/aromatic N) is 5. The summed E-state index contributed by atoms with van der Waals surface area (Å²) in [7, 11) is 0. The molecule has 0 saturated carbocycles. The van der Waals surface area contributed by atoms with Crippen molar-refractivity contribution in [3.63, 3.8) is 0 Å². The van der Waals surface area contributed by atoms with Crippen molar-refractivity contribution in [3.8, 4) is 22.9 Å². The number of ether oxygens (including phenoxy) is 1. The molecular formula is C38H26FN5O. The predicted molar refractivity (Wildman–Crippen MR) is 177 cm³/mol. The number of aromatic nitrogens is 4. The van der Waals surface area contributed by atoms with Crippen molar-refractivity contribution >= 4 is 44.5 Å². The normalized spacial score (nSPS) is 11.3. The van der Waals surface area contributed by atoms with Gasteiger partial charge in [0, 0.05) is 34.3 Å². The number of para-hydroxylation sites is 1. The summed E-state index contributed by atoms with van der Waals surface area (Å²) in [5.41, 5.74) is 5.44. The number of benzene rings is 5. The fraction of sp³-hybridized carbons (Fsp3) is 0.0263. The molecule has 0 aliphatic heterocycles. The Kier molecular flexibility index (Phi) is 6.42. The van der Waals surface area contributed by atoms with Crippen molar-refractivity contribution in [2.75, 3.05) is 4.90 Å². The van der Waals surface area contributed by atoms with Gasteiger partial charge < -0.3 is 4.74 Å². The van der Waals surface area contributed by atoms with E-state index in [-0.39, 0.29) is 5.82 Å². The summed E-state index contributed by atoms with van der Waals surface area (Å²) in [6.07, 6.45) is 1.78. The molecule has 0 bridgehead atoms. The van der Waals surface area contributed by atoms with Gasteiger partial charge in [-0.3, -0.25) is 9.30 Å². The molecule has 0 saturated heterocycles. The van der Waals surface area contributed by atoms with Gasteiger partial charge in [-0.1, -0.05) is 54.6 Å². The van der Waals surface area contributed by atoms with E-state index in [0.717, 1.165) is 50.0 Å². The summed E-state index contributed by atoms with van der Waals surface area (Å²) >= 11 is 0. The van der Waals surface area contributed by atoms with Crippen molar-refractivity contribution in [1.29, 1.82) is 0 Å². The van der Waals surface area contributed by atoms with Gasteiger partial charge >= 0.3 is 0 Å². The second kappa shape index (κ2) is 10.9. The molecule has 0 spiro atoms. The first-order chi connectivity index (χ1) is 22.1. The zero-order valence-corrected chi connectivity index (χ0v) is 24.3. The minimum atomic E-state index is -0.304. The Hall–Kier alpha value is -6.08. The van der Waals surface area contributed by atoms with Crippen LogP contribution in [0.5, 0.6) is 11.5 Å². The van der Waals surface area contributed by atoms with E-state index in [1.165, 1.54) is 6.07 Å². The van der Waals surface area contributed by atoms with Crippen LogP contribution in [0.3, 0.4) is 0 Å². The lowest BCUT2D eigenvalue weighted by Crippen LogP contribution is -2.11. The highest BCUT2D eigenvalue weighted by atomic mass is 19.1. The van der Waals surface area contributed by atoms with Crippen LogP contribution in [-0.4, -0.2) is 19.6 Å². The topological polar surface area (TPSA) is 55.6 Å². The first-order valence-corrected chi connectivity index (χ1v) is 14.6. The third-order valence-corrected chi connectivity index (χ3v) is 7.97. The van der Waals surface area contributed by atoms with Gasteiger partial charge in [0.25, 0.3) is 0 Å². The quantitative estimate of drug-likeness (QED) is 0.181. The second-order valence-electron chi connectivity index (χ2n) is 10.8. The van der Waals surface area contributed by atoms with Crippen LogP contribution in [0.25, 0.3) is 38.7 Å². The van der Waals surface area contributed by atoms with E-state index in [9.17, 15) is 4.39 Å². The molecule has 216 valence electrons. The van der Waals surface area contributed by atoms with Crippen LogP contribution in [-0.2, 0) is 0 Å². The smallest absolute Gasteiger partial charge is 0.169 e. The van der Waals surface area contributed by atoms with Crippen molar-refractivity contribution in [3.05, 3.63) is 151 Å². The van der Waals surface area contributed by atoms with E-state index < -0.39 is 0 Å². The molecule has 0 fully saturated rings. The number of pyridine rings is 2. The van der Waals surface area contributed by atoms with E-state index in [0.29, 0.717) is 23.0 Å². The molecule has 0 unspecified atom stereocenters. The third-order valence-electron chi connectivity index (χ3n) is 7.97. The molecule has 0 N–H and O–H groups in total. The highest BCUT2D eigenvalue weighted by Crippen LogP contribution is 2.38. The van der Waals surface area contributed by atoms with E-state index in [1.54, 1.807) is 18.3 Å². The highest BCUT2D eigenvalue weighted by molar-refractivity contribution is 6.12. The van der Waals surface area contributed by atoms with E-state index >= 15 is 0 Å². The van der Waals surface area contributed by atoms with E-state index in [2.05, 4.69) is 20.1 Å². The molecule has 45 heavy (non-hydrogen) atoms. The minimum Gasteiger partial charge on any atom is -0.457 e. The number of anilines is 3. The van der Waals surface area contributed by atoms with Crippen molar-refractivity contribution in [2.45, 2.75) is 6.92 Å². The van der Waals surface area contributed by atoms with Gasteiger partial charge in [-0.25, -0.2) is 9.37 Å². The summed E-state index contributed by atoms with van der Waals surface area (Å²) < 4.78 is 23.1. The number of aryl methyl sites for hydroxylation is 1. The van der Waals surface area contributed by atoms with Crippen LogP contribution in [0.15, 0.2) is 140 Å². The zero-order chi connectivity index (χ0) is 30.3. The number of hydrogen-bond acceptors (Lipinski definition) is 5. The number of hydrogen-bond donors (Lipinski definition) is 0. The van der Waals surface area contributed by atoms with E-state index in [1.807, 2.05) is 127 Å². The van der Waals surface area contributed by atoms with Crippen LogP contribution in [0.2, 0.25) is 0 Å². The summed E-state index contributed by atoms with van der Waals surface area (Å²) in [5, 5.41) is 11.7. The molecule has 0 radical (unpaired) electrons. The lowest BCUT2D eigenvalue weighted by molar-refractivity contribution is 0.483. The summed E-state index contributed by atoms with van der Waals surface area (Å²) in [6.45, 7) is 2.05. The van der Waals surface area contributed by atoms with Gasteiger partial charge in [0.2, 0.25) is 0 Å². The maximum Gasteiger partial charge on any atom is 0.169 e. The average molecular weight is 588 g/mol. The van der Waals surface area contributed by atoms with Crippen LogP contribution in [0, 0.1) is 12.7 Å². The number of rotatable bonds is 6. The van der Waals surface area contributed by atoms with Crippen LogP contribution >= 0.6 is 0 Å². The average Bonchev–Trinajstić information content (AvgIpc) is 3.52. The molecule has 6 nitrogen and oxygen atoms in total. The van der Waals surface area contributed by atoms with Gasteiger partial charge in [-0.05, 0) is 90.7 Å². The van der Waals surface area contributed by atoms with Gasteiger partial charge in [0.1, 0.15) is 23.1 Å². The predicted octanol–water partition coefficient (Wildman–Crippen LogP) is 9.81. The second-order valence-corrected chi connectivity index (χ2v) is 10.8. The third kappa shape index (κ3) is 4.71. The Morgan fingerprint density at radius 3 is 2.29 bits per heavy atom. The van der Waals surface area contributed by atoms with Gasteiger partial charge in [0.15, 0.2) is 11.5 Å². The molecule has 3 aromatic heterocycles. The fourth-order valence-corrected chi connectivity index (χ4v) is 5.91. The Bertz CT molecular complexity index is 2300.